The molecule has 3 rings (SSSR count). The van der Waals surface area contributed by atoms with Gasteiger partial charge in [-0.05, 0) is 76.3 Å². The highest BCUT2D eigenvalue weighted by Crippen LogP contribution is 2.40. The molecule has 2 aromatic carbocycles. The molecule has 22 heavy (non-hydrogen) atoms. The molecule has 0 unspecified atom stereocenters. The van der Waals surface area contributed by atoms with Gasteiger partial charge in [0.05, 0.1) is 0 Å². The Morgan fingerprint density at radius 2 is 1.23 bits per heavy atom. The minimum Gasteiger partial charge on any atom is -0.455 e. The highest BCUT2D eigenvalue weighted by atomic mass is 16.3. The van der Waals surface area contributed by atoms with Gasteiger partial charge in [-0.3, -0.25) is 0 Å². The van der Waals surface area contributed by atoms with Gasteiger partial charge in [0.15, 0.2) is 0 Å². The van der Waals surface area contributed by atoms with Crippen molar-refractivity contribution in [1.29, 1.82) is 0 Å². The van der Waals surface area contributed by atoms with Crippen LogP contribution in [0.5, 0.6) is 0 Å². The van der Waals surface area contributed by atoms with E-state index in [0.29, 0.717) is 0 Å². The molecule has 0 bridgehead atoms. The Labute approximate surface area is 133 Å². The summed E-state index contributed by atoms with van der Waals surface area (Å²) >= 11 is 0. The second kappa shape index (κ2) is 5.01. The van der Waals surface area contributed by atoms with Gasteiger partial charge in [-0.2, -0.15) is 0 Å². The Morgan fingerprint density at radius 1 is 0.636 bits per heavy atom. The maximum Gasteiger partial charge on any atom is 0.138 e. The number of hydrogen-bond donors (Lipinski definition) is 0. The van der Waals surface area contributed by atoms with E-state index >= 15 is 0 Å². The molecule has 0 N–H and O–H groups in total. The largest absolute Gasteiger partial charge is 0.455 e. The molecule has 1 heteroatoms. The summed E-state index contributed by atoms with van der Waals surface area (Å²) in [5, 5.41) is 1.28. The van der Waals surface area contributed by atoms with Crippen LogP contribution < -0.4 is 0 Å². The van der Waals surface area contributed by atoms with E-state index < -0.39 is 0 Å². The third kappa shape index (κ3) is 2.08. The first-order valence-electron chi connectivity index (χ1n) is 7.89. The van der Waals surface area contributed by atoms with Crippen molar-refractivity contribution in [3.63, 3.8) is 0 Å². The summed E-state index contributed by atoms with van der Waals surface area (Å²) < 4.78 is 6.38. The van der Waals surface area contributed by atoms with E-state index in [1.54, 1.807) is 0 Å². The molecule has 0 radical (unpaired) electrons. The molecule has 1 nitrogen and oxygen atoms in total. The SMILES string of the molecule is Cc1cc(C)c(-c2oc3c(C)c(C)cc(C)c3c2C)c(C)c1. The Hall–Kier alpha value is -2.02. The average Bonchev–Trinajstić information content (AvgIpc) is 2.74. The van der Waals surface area contributed by atoms with Gasteiger partial charge in [-0.15, -0.1) is 0 Å². The number of aryl methyl sites for hydroxylation is 7. The summed E-state index contributed by atoms with van der Waals surface area (Å²) in [6.07, 6.45) is 0. The standard InChI is InChI=1S/C21H24O/c1-11-8-13(3)18(14(4)9-11)21-17(7)19-15(5)10-12(2)16(6)20(19)22-21/h8-10H,1-7H3. The van der Waals surface area contributed by atoms with E-state index in [1.807, 2.05) is 0 Å². The Balaban J connectivity index is 2.42. The highest BCUT2D eigenvalue weighted by Gasteiger charge is 2.19. The fourth-order valence-electron chi connectivity index (χ4n) is 3.71. The summed E-state index contributed by atoms with van der Waals surface area (Å²) in [4.78, 5) is 0. The average molecular weight is 292 g/mol. The lowest BCUT2D eigenvalue weighted by atomic mass is 9.94. The first-order chi connectivity index (χ1) is 10.3. The van der Waals surface area contributed by atoms with E-state index in [2.05, 4.69) is 66.7 Å². The van der Waals surface area contributed by atoms with E-state index in [9.17, 15) is 0 Å². The quantitative estimate of drug-likeness (QED) is 0.516. The van der Waals surface area contributed by atoms with Gasteiger partial charge in [-0.1, -0.05) is 23.8 Å². The third-order valence-corrected chi connectivity index (χ3v) is 4.81. The van der Waals surface area contributed by atoms with Crippen molar-refractivity contribution in [2.75, 3.05) is 0 Å². The summed E-state index contributed by atoms with van der Waals surface area (Å²) in [6, 6.07) is 6.73. The van der Waals surface area contributed by atoms with E-state index in [4.69, 9.17) is 4.42 Å². The Bertz CT molecular complexity index is 871. The molecule has 0 amide bonds. The van der Waals surface area contributed by atoms with Crippen LogP contribution in [0.2, 0.25) is 0 Å². The molecular formula is C21H24O. The van der Waals surface area contributed by atoms with Crippen LogP contribution in [0.4, 0.5) is 0 Å². The predicted molar refractivity (Wildman–Crippen MR) is 94.8 cm³/mol. The van der Waals surface area contributed by atoms with Gasteiger partial charge in [0.2, 0.25) is 0 Å². The fraction of sp³-hybridized carbons (Fsp3) is 0.333. The lowest BCUT2D eigenvalue weighted by Crippen LogP contribution is -1.90. The molecule has 0 saturated heterocycles. The van der Waals surface area contributed by atoms with Gasteiger partial charge in [0.25, 0.3) is 0 Å². The van der Waals surface area contributed by atoms with Crippen LogP contribution in [-0.4, -0.2) is 0 Å². The fourth-order valence-corrected chi connectivity index (χ4v) is 3.71. The first-order valence-corrected chi connectivity index (χ1v) is 7.89. The minimum absolute atomic E-state index is 1.03. The number of fused-ring (bicyclic) bond motifs is 1. The number of hydrogen-bond acceptors (Lipinski definition) is 1. The molecule has 0 atom stereocenters. The topological polar surface area (TPSA) is 13.1 Å². The monoisotopic (exact) mass is 292 g/mol. The molecular weight excluding hydrogens is 268 g/mol. The molecule has 114 valence electrons. The zero-order valence-electron chi connectivity index (χ0n) is 14.6. The molecule has 0 aliphatic rings. The van der Waals surface area contributed by atoms with Gasteiger partial charge < -0.3 is 4.42 Å². The van der Waals surface area contributed by atoms with Crippen LogP contribution in [-0.2, 0) is 0 Å². The van der Waals surface area contributed by atoms with E-state index in [1.165, 1.54) is 49.9 Å². The third-order valence-electron chi connectivity index (χ3n) is 4.81. The lowest BCUT2D eigenvalue weighted by Gasteiger charge is -2.09. The zero-order valence-corrected chi connectivity index (χ0v) is 14.6. The van der Waals surface area contributed by atoms with Crippen molar-refractivity contribution >= 4 is 11.0 Å². The van der Waals surface area contributed by atoms with E-state index in [0.717, 1.165) is 11.3 Å². The predicted octanol–water partition coefficient (Wildman–Crippen LogP) is 6.26. The molecule has 0 spiro atoms. The van der Waals surface area contributed by atoms with Gasteiger partial charge >= 0.3 is 0 Å². The lowest BCUT2D eigenvalue weighted by molar-refractivity contribution is 0.625. The molecule has 0 fully saturated rings. The Morgan fingerprint density at radius 3 is 1.82 bits per heavy atom. The van der Waals surface area contributed by atoms with Crippen LogP contribution in [0.25, 0.3) is 22.3 Å². The van der Waals surface area contributed by atoms with Crippen molar-refractivity contribution in [3.05, 3.63) is 57.1 Å². The van der Waals surface area contributed by atoms with Gasteiger partial charge in [-0.25, -0.2) is 0 Å². The highest BCUT2D eigenvalue weighted by molar-refractivity contribution is 5.93. The van der Waals surface area contributed by atoms with Crippen LogP contribution in [0.3, 0.4) is 0 Å². The van der Waals surface area contributed by atoms with Crippen LogP contribution in [0, 0.1) is 48.5 Å². The summed E-state index contributed by atoms with van der Waals surface area (Å²) in [7, 11) is 0. The number of rotatable bonds is 1. The smallest absolute Gasteiger partial charge is 0.138 e. The van der Waals surface area contributed by atoms with Crippen molar-refractivity contribution < 1.29 is 4.42 Å². The number of benzene rings is 2. The van der Waals surface area contributed by atoms with Crippen molar-refractivity contribution in [2.24, 2.45) is 0 Å². The van der Waals surface area contributed by atoms with Crippen molar-refractivity contribution in [3.8, 4) is 11.3 Å². The molecule has 0 aliphatic heterocycles. The second-order valence-electron chi connectivity index (χ2n) is 6.67. The number of furan rings is 1. The van der Waals surface area contributed by atoms with Crippen LogP contribution in [0.1, 0.15) is 38.9 Å². The second-order valence-corrected chi connectivity index (χ2v) is 6.67. The first kappa shape index (κ1) is 14.9. The summed E-state index contributed by atoms with van der Waals surface area (Å²) in [5.41, 5.74) is 11.3. The van der Waals surface area contributed by atoms with Crippen LogP contribution >= 0.6 is 0 Å². The van der Waals surface area contributed by atoms with E-state index in [-0.39, 0.29) is 0 Å². The zero-order chi connectivity index (χ0) is 16.2. The Kier molecular flexibility index (Phi) is 3.40. The van der Waals surface area contributed by atoms with Gasteiger partial charge in [0, 0.05) is 16.5 Å². The van der Waals surface area contributed by atoms with Crippen LogP contribution in [0.15, 0.2) is 22.6 Å². The minimum atomic E-state index is 1.03. The molecule has 3 aromatic rings. The molecule has 0 aliphatic carbocycles. The molecule has 1 aromatic heterocycles. The van der Waals surface area contributed by atoms with Gasteiger partial charge in [0.1, 0.15) is 11.3 Å². The maximum absolute atomic E-state index is 6.38. The van der Waals surface area contributed by atoms with Crippen molar-refractivity contribution in [2.45, 2.75) is 48.5 Å². The summed E-state index contributed by atoms with van der Waals surface area (Å²) in [6.45, 7) is 15.2. The summed E-state index contributed by atoms with van der Waals surface area (Å²) in [5.74, 6) is 1.03. The van der Waals surface area contributed by atoms with Crippen molar-refractivity contribution in [1.82, 2.24) is 0 Å². The molecule has 0 saturated carbocycles. The molecule has 1 heterocycles. The maximum atomic E-state index is 6.38. The normalized spacial score (nSPS) is 11.4.